The summed E-state index contributed by atoms with van der Waals surface area (Å²) in [5, 5.41) is 11.9. The number of nitrogens with one attached hydrogen (secondary N) is 2. The Kier molecular flexibility index (Phi) is 3.43. The first-order valence-electron chi connectivity index (χ1n) is 6.86. The number of aromatic nitrogens is 2. The maximum atomic E-state index is 12.0. The number of aryl methyl sites for hydroxylation is 1. The average Bonchev–Trinajstić information content (AvgIpc) is 2.48. The highest BCUT2D eigenvalue weighted by Crippen LogP contribution is 2.19. The number of fused-ring (bicyclic) bond motifs is 1. The Labute approximate surface area is 120 Å². The van der Waals surface area contributed by atoms with E-state index in [0.717, 1.165) is 36.9 Å². The number of nitrogens with zero attached hydrogens (tertiary/aromatic N) is 1. The standard InChI is InChI=1S/C15H15N3O3/c19-13-11-3-1-2-4-12(11)17-15(18-13)16-10-7-5-9(6-8-10)14(20)21/h5-8H,1-4H2,(H,20,21)(H2,16,17,18,19). The average molecular weight is 285 g/mol. The Bertz CT molecular complexity index is 735. The summed E-state index contributed by atoms with van der Waals surface area (Å²) in [4.78, 5) is 30.0. The molecule has 6 nitrogen and oxygen atoms in total. The summed E-state index contributed by atoms with van der Waals surface area (Å²) in [5.74, 6) is -0.578. The van der Waals surface area contributed by atoms with Gasteiger partial charge in [-0.2, -0.15) is 0 Å². The molecule has 1 heterocycles. The summed E-state index contributed by atoms with van der Waals surface area (Å²) >= 11 is 0. The molecule has 0 fully saturated rings. The Balaban J connectivity index is 1.86. The maximum Gasteiger partial charge on any atom is 0.335 e. The van der Waals surface area contributed by atoms with Gasteiger partial charge in [-0.25, -0.2) is 9.78 Å². The van der Waals surface area contributed by atoms with Crippen LogP contribution in [0.25, 0.3) is 0 Å². The monoisotopic (exact) mass is 285 g/mol. The molecule has 0 bridgehead atoms. The Hall–Kier alpha value is -2.63. The number of carboxylic acid groups (broad SMARTS) is 1. The number of carbonyl (C=O) groups is 1. The molecule has 0 radical (unpaired) electrons. The zero-order chi connectivity index (χ0) is 14.8. The SMILES string of the molecule is O=C(O)c1ccc(Nc2nc3c(c(=O)[nH]2)CCCC3)cc1. The molecule has 0 atom stereocenters. The fourth-order valence-electron chi connectivity index (χ4n) is 2.50. The van der Waals surface area contributed by atoms with Gasteiger partial charge in [0.15, 0.2) is 0 Å². The third-order valence-electron chi connectivity index (χ3n) is 3.59. The fraction of sp³-hybridized carbons (Fsp3) is 0.267. The molecule has 0 saturated carbocycles. The van der Waals surface area contributed by atoms with Crippen LogP contribution in [0.3, 0.4) is 0 Å². The molecule has 0 spiro atoms. The summed E-state index contributed by atoms with van der Waals surface area (Å²) in [6, 6.07) is 6.29. The highest BCUT2D eigenvalue weighted by Gasteiger charge is 2.15. The highest BCUT2D eigenvalue weighted by molar-refractivity contribution is 5.88. The van der Waals surface area contributed by atoms with Crippen molar-refractivity contribution in [3.63, 3.8) is 0 Å². The molecular formula is C15H15N3O3. The second-order valence-electron chi connectivity index (χ2n) is 5.05. The predicted octanol–water partition coefficient (Wildman–Crippen LogP) is 2.09. The van der Waals surface area contributed by atoms with E-state index in [-0.39, 0.29) is 11.1 Å². The van der Waals surface area contributed by atoms with Crippen LogP contribution in [-0.4, -0.2) is 21.0 Å². The van der Waals surface area contributed by atoms with Crippen LogP contribution in [0.5, 0.6) is 0 Å². The van der Waals surface area contributed by atoms with Gasteiger partial charge < -0.3 is 10.4 Å². The van der Waals surface area contributed by atoms with Crippen LogP contribution in [0.15, 0.2) is 29.1 Å². The lowest BCUT2D eigenvalue weighted by atomic mass is 9.97. The minimum Gasteiger partial charge on any atom is -0.478 e. The summed E-state index contributed by atoms with van der Waals surface area (Å²) in [5.41, 5.74) is 2.44. The molecule has 3 rings (SSSR count). The number of anilines is 2. The number of rotatable bonds is 3. The summed E-state index contributed by atoms with van der Waals surface area (Å²) in [7, 11) is 0. The molecule has 21 heavy (non-hydrogen) atoms. The number of carboxylic acids is 1. The second kappa shape index (κ2) is 5.40. The highest BCUT2D eigenvalue weighted by atomic mass is 16.4. The van der Waals surface area contributed by atoms with Gasteiger partial charge in [-0.1, -0.05) is 0 Å². The molecule has 1 aliphatic rings. The number of benzene rings is 1. The van der Waals surface area contributed by atoms with Gasteiger partial charge in [-0.05, 0) is 49.9 Å². The third-order valence-corrected chi connectivity index (χ3v) is 3.59. The van der Waals surface area contributed by atoms with E-state index in [9.17, 15) is 9.59 Å². The smallest absolute Gasteiger partial charge is 0.335 e. The van der Waals surface area contributed by atoms with Crippen molar-refractivity contribution in [1.82, 2.24) is 9.97 Å². The van der Waals surface area contributed by atoms with Gasteiger partial charge in [0.1, 0.15) is 0 Å². The molecule has 0 saturated heterocycles. The molecule has 0 aliphatic heterocycles. The van der Waals surface area contributed by atoms with E-state index in [1.54, 1.807) is 12.1 Å². The van der Waals surface area contributed by atoms with Crippen molar-refractivity contribution in [1.29, 1.82) is 0 Å². The molecular weight excluding hydrogens is 270 g/mol. The second-order valence-corrected chi connectivity index (χ2v) is 5.05. The molecule has 1 aromatic heterocycles. The Morgan fingerprint density at radius 3 is 2.62 bits per heavy atom. The third kappa shape index (κ3) is 2.79. The number of hydrogen-bond acceptors (Lipinski definition) is 4. The van der Waals surface area contributed by atoms with Crippen molar-refractivity contribution < 1.29 is 9.90 Å². The lowest BCUT2D eigenvalue weighted by Crippen LogP contribution is -2.22. The quantitative estimate of drug-likeness (QED) is 0.802. The number of H-pyrrole nitrogens is 1. The predicted molar refractivity (Wildman–Crippen MR) is 78.2 cm³/mol. The summed E-state index contributed by atoms with van der Waals surface area (Å²) in [6.07, 6.45) is 3.69. The zero-order valence-corrected chi connectivity index (χ0v) is 11.3. The lowest BCUT2D eigenvalue weighted by molar-refractivity contribution is 0.0697. The van der Waals surface area contributed by atoms with E-state index >= 15 is 0 Å². The number of hydrogen-bond donors (Lipinski definition) is 3. The molecule has 1 aliphatic carbocycles. The molecule has 2 aromatic rings. The molecule has 0 amide bonds. The Morgan fingerprint density at radius 2 is 1.90 bits per heavy atom. The first-order chi connectivity index (χ1) is 10.1. The van der Waals surface area contributed by atoms with Gasteiger partial charge >= 0.3 is 5.97 Å². The fourth-order valence-corrected chi connectivity index (χ4v) is 2.50. The van der Waals surface area contributed by atoms with Crippen LogP contribution in [0, 0.1) is 0 Å². The number of aromatic amines is 1. The van der Waals surface area contributed by atoms with Crippen LogP contribution in [-0.2, 0) is 12.8 Å². The van der Waals surface area contributed by atoms with Crippen molar-refractivity contribution in [3.8, 4) is 0 Å². The van der Waals surface area contributed by atoms with Gasteiger partial charge in [0.2, 0.25) is 5.95 Å². The van der Waals surface area contributed by atoms with E-state index in [2.05, 4.69) is 15.3 Å². The van der Waals surface area contributed by atoms with E-state index in [1.807, 2.05) is 0 Å². The van der Waals surface area contributed by atoms with E-state index in [4.69, 9.17) is 5.11 Å². The largest absolute Gasteiger partial charge is 0.478 e. The first-order valence-corrected chi connectivity index (χ1v) is 6.86. The van der Waals surface area contributed by atoms with Gasteiger partial charge in [0.05, 0.1) is 11.3 Å². The summed E-state index contributed by atoms with van der Waals surface area (Å²) in [6.45, 7) is 0. The number of aromatic carboxylic acids is 1. The molecule has 0 unspecified atom stereocenters. The van der Waals surface area contributed by atoms with E-state index in [0.29, 0.717) is 11.6 Å². The van der Waals surface area contributed by atoms with Gasteiger partial charge in [-0.15, -0.1) is 0 Å². The maximum absolute atomic E-state index is 12.0. The molecule has 3 N–H and O–H groups in total. The zero-order valence-electron chi connectivity index (χ0n) is 11.3. The lowest BCUT2D eigenvalue weighted by Gasteiger charge is -2.15. The van der Waals surface area contributed by atoms with Crippen molar-refractivity contribution in [2.75, 3.05) is 5.32 Å². The van der Waals surface area contributed by atoms with Crippen LogP contribution in [0.1, 0.15) is 34.5 Å². The molecule has 1 aromatic carbocycles. The van der Waals surface area contributed by atoms with Gasteiger partial charge in [0, 0.05) is 11.3 Å². The van der Waals surface area contributed by atoms with Crippen molar-refractivity contribution >= 4 is 17.6 Å². The van der Waals surface area contributed by atoms with Crippen molar-refractivity contribution in [3.05, 3.63) is 51.4 Å². The van der Waals surface area contributed by atoms with Gasteiger partial charge in [0.25, 0.3) is 5.56 Å². The molecule has 6 heteroatoms. The first kappa shape index (κ1) is 13.4. The van der Waals surface area contributed by atoms with Crippen LogP contribution in [0.2, 0.25) is 0 Å². The molecule has 108 valence electrons. The van der Waals surface area contributed by atoms with E-state index < -0.39 is 5.97 Å². The Morgan fingerprint density at radius 1 is 1.19 bits per heavy atom. The van der Waals surface area contributed by atoms with Gasteiger partial charge in [-0.3, -0.25) is 9.78 Å². The van der Waals surface area contributed by atoms with Crippen LogP contribution < -0.4 is 10.9 Å². The van der Waals surface area contributed by atoms with Crippen molar-refractivity contribution in [2.45, 2.75) is 25.7 Å². The van der Waals surface area contributed by atoms with Crippen molar-refractivity contribution in [2.24, 2.45) is 0 Å². The normalized spacial score (nSPS) is 13.5. The minimum atomic E-state index is -0.970. The van der Waals surface area contributed by atoms with E-state index in [1.165, 1.54) is 12.1 Å². The van der Waals surface area contributed by atoms with Crippen LogP contribution in [0.4, 0.5) is 11.6 Å². The minimum absolute atomic E-state index is 0.0932. The summed E-state index contributed by atoms with van der Waals surface area (Å²) < 4.78 is 0. The van der Waals surface area contributed by atoms with Crippen LogP contribution >= 0.6 is 0 Å². The topological polar surface area (TPSA) is 95.1 Å².